The molecule has 0 fully saturated rings. The quantitative estimate of drug-likeness (QED) is 0.807. The summed E-state index contributed by atoms with van der Waals surface area (Å²) < 4.78 is 5.27. The van der Waals surface area contributed by atoms with E-state index in [1.165, 1.54) is 11.3 Å². The molecule has 3 N–H and O–H groups in total. The number of thiophene rings is 1. The number of benzene rings is 1. The number of nitrogens with two attached hydrogens (primary N) is 1. The van der Waals surface area contributed by atoms with E-state index in [-0.39, 0.29) is 17.1 Å². The number of methoxy groups -OCH3 is 1. The van der Waals surface area contributed by atoms with Crippen molar-refractivity contribution in [2.75, 3.05) is 18.2 Å². The van der Waals surface area contributed by atoms with Crippen LogP contribution in [-0.2, 0) is 4.79 Å². The number of carbonyl (C=O) groups excluding carboxylic acids is 1. The van der Waals surface area contributed by atoms with Crippen molar-refractivity contribution in [3.05, 3.63) is 51.5 Å². The van der Waals surface area contributed by atoms with Crippen molar-refractivity contribution in [2.45, 2.75) is 32.6 Å². The van der Waals surface area contributed by atoms with Crippen LogP contribution < -0.4 is 15.8 Å². The zero-order valence-corrected chi connectivity index (χ0v) is 16.4. The first-order valence-electron chi connectivity index (χ1n) is 8.84. The van der Waals surface area contributed by atoms with Crippen molar-refractivity contribution in [1.82, 2.24) is 0 Å². The highest BCUT2D eigenvalue weighted by atomic mass is 32.1. The maximum absolute atomic E-state index is 13.1. The van der Waals surface area contributed by atoms with Gasteiger partial charge >= 0.3 is 0 Å². The van der Waals surface area contributed by atoms with E-state index in [0.717, 1.165) is 39.6 Å². The molecule has 2 heterocycles. The highest BCUT2D eigenvalue weighted by Gasteiger charge is 2.42. The molecule has 0 saturated heterocycles. The van der Waals surface area contributed by atoms with E-state index in [9.17, 15) is 10.1 Å². The second-order valence-electron chi connectivity index (χ2n) is 7.86. The second-order valence-corrected chi connectivity index (χ2v) is 8.88. The van der Waals surface area contributed by atoms with E-state index >= 15 is 0 Å². The summed E-state index contributed by atoms with van der Waals surface area (Å²) in [6.07, 6.45) is 1.30. The van der Waals surface area contributed by atoms with E-state index in [0.29, 0.717) is 17.0 Å². The maximum atomic E-state index is 13.1. The third-order valence-electron chi connectivity index (χ3n) is 5.30. The molecule has 4 rings (SSSR count). The summed E-state index contributed by atoms with van der Waals surface area (Å²) in [5.41, 5.74) is 10.3. The second kappa shape index (κ2) is 6.14. The number of nitrogens with zero attached hydrogens (tertiary/aromatic N) is 1. The van der Waals surface area contributed by atoms with Crippen molar-refractivity contribution in [1.29, 1.82) is 5.26 Å². The van der Waals surface area contributed by atoms with Gasteiger partial charge in [0.2, 0.25) is 0 Å². The topological polar surface area (TPSA) is 88.1 Å². The van der Waals surface area contributed by atoms with Crippen LogP contribution in [0.4, 0.5) is 10.7 Å². The summed E-state index contributed by atoms with van der Waals surface area (Å²) in [6.45, 7) is 4.22. The maximum Gasteiger partial charge on any atom is 0.162 e. The third kappa shape index (κ3) is 2.79. The molecular weight excluding hydrogens is 358 g/mol. The SMILES string of the molecule is COc1ccc(C2C3=C(CC(C)(C)CC3=O)Nc3sc(C#N)c(N)c32)cc1. The lowest BCUT2D eigenvalue weighted by Gasteiger charge is -2.38. The van der Waals surface area contributed by atoms with Gasteiger partial charge in [-0.3, -0.25) is 4.79 Å². The molecule has 138 valence electrons. The predicted octanol–water partition coefficient (Wildman–Crippen LogP) is 4.41. The van der Waals surface area contributed by atoms with E-state index in [4.69, 9.17) is 10.5 Å². The fraction of sp³-hybridized carbons (Fsp3) is 0.333. The number of ketones is 1. The van der Waals surface area contributed by atoms with Crippen LogP contribution in [0.15, 0.2) is 35.5 Å². The van der Waals surface area contributed by atoms with Gasteiger partial charge in [-0.25, -0.2) is 0 Å². The first-order chi connectivity index (χ1) is 12.8. The lowest BCUT2D eigenvalue weighted by molar-refractivity contribution is -0.118. The van der Waals surface area contributed by atoms with Crippen molar-refractivity contribution < 1.29 is 9.53 Å². The van der Waals surface area contributed by atoms with Gasteiger partial charge in [0.25, 0.3) is 0 Å². The standard InChI is InChI=1S/C21H21N3O2S/c1-21(2)8-13-17(14(25)9-21)16(11-4-6-12(26-3)7-5-11)18-19(23)15(10-22)27-20(18)24-13/h4-7,16,24H,8-9,23H2,1-3H3. The summed E-state index contributed by atoms with van der Waals surface area (Å²) >= 11 is 1.36. The Morgan fingerprint density at radius 2 is 2.00 bits per heavy atom. The summed E-state index contributed by atoms with van der Waals surface area (Å²) in [5, 5.41) is 13.7. The number of hydrogen-bond acceptors (Lipinski definition) is 6. The number of nitrogens with one attached hydrogen (secondary N) is 1. The van der Waals surface area contributed by atoms with Crippen LogP contribution in [-0.4, -0.2) is 12.9 Å². The molecule has 27 heavy (non-hydrogen) atoms. The number of anilines is 2. The Morgan fingerprint density at radius 3 is 2.63 bits per heavy atom. The first-order valence-corrected chi connectivity index (χ1v) is 9.66. The van der Waals surface area contributed by atoms with E-state index < -0.39 is 0 Å². The number of nitriles is 1. The minimum absolute atomic E-state index is 0.0915. The molecule has 1 aliphatic carbocycles. The normalized spacial score (nSPS) is 20.4. The van der Waals surface area contributed by atoms with Crippen LogP contribution in [0.25, 0.3) is 0 Å². The highest BCUT2D eigenvalue weighted by molar-refractivity contribution is 7.17. The Bertz CT molecular complexity index is 1010. The van der Waals surface area contributed by atoms with Crippen LogP contribution in [0.5, 0.6) is 5.75 Å². The zero-order chi connectivity index (χ0) is 19.3. The van der Waals surface area contributed by atoms with E-state index in [1.54, 1.807) is 7.11 Å². The van der Waals surface area contributed by atoms with Crippen LogP contribution in [0, 0.1) is 16.7 Å². The van der Waals surface area contributed by atoms with Gasteiger partial charge < -0.3 is 15.8 Å². The molecule has 1 aromatic heterocycles. The van der Waals surface area contributed by atoms with Gasteiger partial charge in [0.15, 0.2) is 5.78 Å². The minimum atomic E-state index is -0.260. The zero-order valence-electron chi connectivity index (χ0n) is 15.6. The molecule has 6 heteroatoms. The van der Waals surface area contributed by atoms with Crippen molar-refractivity contribution in [3.8, 4) is 11.8 Å². The molecular formula is C21H21N3O2S. The Labute approximate surface area is 162 Å². The van der Waals surface area contributed by atoms with Crippen molar-refractivity contribution in [3.63, 3.8) is 0 Å². The van der Waals surface area contributed by atoms with Gasteiger partial charge in [0.1, 0.15) is 21.7 Å². The molecule has 0 saturated carbocycles. The number of nitrogen functional groups attached to an aromatic ring is 1. The Kier molecular flexibility index (Phi) is 4.01. The summed E-state index contributed by atoms with van der Waals surface area (Å²) in [7, 11) is 1.63. The minimum Gasteiger partial charge on any atom is -0.497 e. The van der Waals surface area contributed by atoms with Crippen LogP contribution >= 0.6 is 11.3 Å². The Balaban J connectivity index is 1.94. The predicted molar refractivity (Wildman–Crippen MR) is 107 cm³/mol. The number of allylic oxidation sites excluding steroid dienone is 2. The van der Waals surface area contributed by atoms with E-state index in [1.807, 2.05) is 24.3 Å². The molecule has 2 aliphatic rings. The van der Waals surface area contributed by atoms with Gasteiger partial charge in [-0.15, -0.1) is 11.3 Å². The molecule has 1 atom stereocenters. The number of hydrogen-bond donors (Lipinski definition) is 2. The molecule has 0 amide bonds. The van der Waals surface area contributed by atoms with Gasteiger partial charge in [0.05, 0.1) is 12.8 Å². The largest absolute Gasteiger partial charge is 0.497 e. The summed E-state index contributed by atoms with van der Waals surface area (Å²) in [4.78, 5) is 13.6. The average molecular weight is 379 g/mol. The van der Waals surface area contributed by atoms with Crippen molar-refractivity contribution in [2.24, 2.45) is 5.41 Å². The van der Waals surface area contributed by atoms with Gasteiger partial charge in [-0.2, -0.15) is 5.26 Å². The lowest BCUT2D eigenvalue weighted by atomic mass is 9.69. The number of ether oxygens (including phenoxy) is 1. The van der Waals surface area contributed by atoms with E-state index in [2.05, 4.69) is 25.2 Å². The fourth-order valence-corrected chi connectivity index (χ4v) is 5.09. The number of rotatable bonds is 2. The lowest BCUT2D eigenvalue weighted by Crippen LogP contribution is -2.33. The molecule has 1 aliphatic heterocycles. The average Bonchev–Trinajstić information content (AvgIpc) is 2.94. The number of carbonyl (C=O) groups is 1. The number of fused-ring (bicyclic) bond motifs is 1. The molecule has 1 aromatic carbocycles. The van der Waals surface area contributed by atoms with Crippen LogP contribution in [0.3, 0.4) is 0 Å². The fourth-order valence-electron chi connectivity index (χ4n) is 4.11. The summed E-state index contributed by atoms with van der Waals surface area (Å²) in [5.74, 6) is 0.641. The van der Waals surface area contributed by atoms with Gasteiger partial charge in [-0.1, -0.05) is 26.0 Å². The Morgan fingerprint density at radius 1 is 1.30 bits per heavy atom. The first kappa shape index (κ1) is 17.6. The van der Waals surface area contributed by atoms with Crippen LogP contribution in [0.2, 0.25) is 0 Å². The highest BCUT2D eigenvalue weighted by Crippen LogP contribution is 2.53. The summed E-state index contributed by atoms with van der Waals surface area (Å²) in [6, 6.07) is 9.91. The third-order valence-corrected chi connectivity index (χ3v) is 6.34. The smallest absolute Gasteiger partial charge is 0.162 e. The number of Topliss-reactive ketones (excluding diaryl/α,β-unsaturated/α-hetero) is 1. The van der Waals surface area contributed by atoms with Gasteiger partial charge in [0, 0.05) is 29.2 Å². The van der Waals surface area contributed by atoms with Crippen molar-refractivity contribution >= 4 is 27.8 Å². The molecule has 0 radical (unpaired) electrons. The molecule has 0 bridgehead atoms. The molecule has 5 nitrogen and oxygen atoms in total. The molecule has 1 unspecified atom stereocenters. The van der Waals surface area contributed by atoms with Crippen LogP contribution in [0.1, 0.15) is 48.6 Å². The Hall–Kier alpha value is -2.78. The monoisotopic (exact) mass is 379 g/mol. The van der Waals surface area contributed by atoms with Gasteiger partial charge in [-0.05, 0) is 29.5 Å². The molecule has 2 aromatic rings. The molecule has 0 spiro atoms.